The second-order valence-electron chi connectivity index (χ2n) is 4.85. The van der Waals surface area contributed by atoms with E-state index in [1.807, 2.05) is 0 Å². The number of methoxy groups -OCH3 is 2. The Morgan fingerprint density at radius 3 is 2.05 bits per heavy atom. The molecule has 1 unspecified atom stereocenters. The van der Waals surface area contributed by atoms with Gasteiger partial charge in [0.2, 0.25) is 0 Å². The van der Waals surface area contributed by atoms with Gasteiger partial charge in [-0.3, -0.25) is 4.90 Å². The molecule has 0 aliphatic heterocycles. The van der Waals surface area contributed by atoms with Gasteiger partial charge in [-0.2, -0.15) is 0 Å². The highest BCUT2D eigenvalue weighted by Crippen LogP contribution is 2.22. The third-order valence-electron chi connectivity index (χ3n) is 3.39. The minimum absolute atomic E-state index is 0.00498. The molecule has 0 saturated carbocycles. The van der Waals surface area contributed by atoms with Crippen molar-refractivity contribution in [1.29, 1.82) is 0 Å². The van der Waals surface area contributed by atoms with Crippen molar-refractivity contribution in [2.75, 3.05) is 47.1 Å². The lowest BCUT2D eigenvalue weighted by Crippen LogP contribution is -2.33. The molecule has 0 fully saturated rings. The average molecular weight is 300 g/mol. The Labute approximate surface area is 127 Å². The van der Waals surface area contributed by atoms with Crippen LogP contribution in [0.1, 0.15) is 23.4 Å². The molecule has 4 heteroatoms. The minimum atomic E-state index is -0.00498. The van der Waals surface area contributed by atoms with E-state index in [4.69, 9.17) is 21.1 Å². The summed E-state index contributed by atoms with van der Waals surface area (Å²) in [5.41, 5.74) is 2.51. The minimum Gasteiger partial charge on any atom is -0.383 e. The number of rotatable bonds is 10. The van der Waals surface area contributed by atoms with Crippen molar-refractivity contribution in [1.82, 2.24) is 4.90 Å². The van der Waals surface area contributed by atoms with Crippen molar-refractivity contribution in [2.45, 2.75) is 18.7 Å². The van der Waals surface area contributed by atoms with Crippen molar-refractivity contribution < 1.29 is 9.47 Å². The molecule has 114 valence electrons. The van der Waals surface area contributed by atoms with Crippen molar-refractivity contribution in [3.8, 4) is 0 Å². The molecule has 0 aliphatic carbocycles. The predicted octanol–water partition coefficient (Wildman–Crippen LogP) is 3.12. The largest absolute Gasteiger partial charge is 0.383 e. The molecule has 0 aromatic heterocycles. The smallest absolute Gasteiger partial charge is 0.0712 e. The van der Waals surface area contributed by atoms with Crippen molar-refractivity contribution in [3.05, 3.63) is 35.4 Å². The first kappa shape index (κ1) is 17.4. The highest BCUT2D eigenvalue weighted by atomic mass is 35.5. The van der Waals surface area contributed by atoms with Crippen LogP contribution in [0.25, 0.3) is 0 Å². The van der Waals surface area contributed by atoms with Crippen LogP contribution in [0.4, 0.5) is 0 Å². The molecular formula is C16H26ClNO2. The first-order chi connectivity index (χ1) is 9.71. The molecular weight excluding hydrogens is 274 g/mol. The topological polar surface area (TPSA) is 21.7 Å². The zero-order valence-corrected chi connectivity index (χ0v) is 13.5. The van der Waals surface area contributed by atoms with Gasteiger partial charge in [0.1, 0.15) is 0 Å². The first-order valence-electron chi connectivity index (χ1n) is 7.14. The zero-order valence-electron chi connectivity index (χ0n) is 12.8. The van der Waals surface area contributed by atoms with Crippen LogP contribution in [-0.4, -0.2) is 52.0 Å². The maximum Gasteiger partial charge on any atom is 0.0712 e. The fourth-order valence-electron chi connectivity index (χ4n) is 2.03. The Morgan fingerprint density at radius 1 is 1.05 bits per heavy atom. The lowest BCUT2D eigenvalue weighted by Gasteiger charge is -2.24. The summed E-state index contributed by atoms with van der Waals surface area (Å²) in [6, 6.07) is 8.56. The quantitative estimate of drug-likeness (QED) is 0.620. The summed E-state index contributed by atoms with van der Waals surface area (Å²) in [4.78, 5) is 2.28. The summed E-state index contributed by atoms with van der Waals surface area (Å²) in [6.07, 6.45) is 1.06. The van der Waals surface area contributed by atoms with Gasteiger partial charge in [0.25, 0.3) is 0 Å². The van der Waals surface area contributed by atoms with Crippen LogP contribution < -0.4 is 0 Å². The Kier molecular flexibility index (Phi) is 8.86. The van der Waals surface area contributed by atoms with E-state index in [-0.39, 0.29) is 5.38 Å². The summed E-state index contributed by atoms with van der Waals surface area (Å²) in [5, 5.41) is -0.00498. The van der Waals surface area contributed by atoms with Gasteiger partial charge in [-0.25, -0.2) is 0 Å². The molecule has 1 atom stereocenters. The Hall–Kier alpha value is -0.610. The standard InChI is InChI=1S/C16H26ClNO2/c1-4-14-5-7-15(8-6-14)16(17)13-18(9-11-19-2)10-12-20-3/h5-8,16H,4,9-13H2,1-3H3. The number of nitrogens with zero attached hydrogens (tertiary/aromatic N) is 1. The van der Waals surface area contributed by atoms with Crippen LogP contribution >= 0.6 is 11.6 Å². The highest BCUT2D eigenvalue weighted by molar-refractivity contribution is 6.21. The van der Waals surface area contributed by atoms with Gasteiger partial charge in [0.05, 0.1) is 18.6 Å². The van der Waals surface area contributed by atoms with Crippen LogP contribution in [0.15, 0.2) is 24.3 Å². The van der Waals surface area contributed by atoms with Gasteiger partial charge in [0.15, 0.2) is 0 Å². The van der Waals surface area contributed by atoms with Gasteiger partial charge in [-0.1, -0.05) is 31.2 Å². The molecule has 3 nitrogen and oxygen atoms in total. The van der Waals surface area contributed by atoms with E-state index in [2.05, 4.69) is 36.1 Å². The third-order valence-corrected chi connectivity index (χ3v) is 3.78. The number of hydrogen-bond donors (Lipinski definition) is 0. The highest BCUT2D eigenvalue weighted by Gasteiger charge is 2.13. The molecule has 1 aromatic carbocycles. The van der Waals surface area contributed by atoms with Gasteiger partial charge < -0.3 is 9.47 Å². The van der Waals surface area contributed by atoms with Crippen LogP contribution in [0.5, 0.6) is 0 Å². The van der Waals surface area contributed by atoms with Gasteiger partial charge >= 0.3 is 0 Å². The Balaban J connectivity index is 2.55. The Morgan fingerprint density at radius 2 is 1.60 bits per heavy atom. The number of hydrogen-bond acceptors (Lipinski definition) is 3. The zero-order chi connectivity index (χ0) is 14.8. The summed E-state index contributed by atoms with van der Waals surface area (Å²) in [5.74, 6) is 0. The van der Waals surface area contributed by atoms with Gasteiger partial charge in [-0.15, -0.1) is 11.6 Å². The lowest BCUT2D eigenvalue weighted by atomic mass is 10.1. The predicted molar refractivity (Wildman–Crippen MR) is 84.6 cm³/mol. The molecule has 20 heavy (non-hydrogen) atoms. The fourth-order valence-corrected chi connectivity index (χ4v) is 2.37. The summed E-state index contributed by atoms with van der Waals surface area (Å²) >= 11 is 6.53. The van der Waals surface area contributed by atoms with E-state index in [0.29, 0.717) is 13.2 Å². The molecule has 0 saturated heterocycles. The van der Waals surface area contributed by atoms with Crippen LogP contribution in [0.2, 0.25) is 0 Å². The van der Waals surface area contributed by atoms with Crippen LogP contribution in [0, 0.1) is 0 Å². The second kappa shape index (κ2) is 10.2. The van der Waals surface area contributed by atoms with Gasteiger partial charge in [-0.05, 0) is 17.5 Å². The first-order valence-corrected chi connectivity index (χ1v) is 7.58. The second-order valence-corrected chi connectivity index (χ2v) is 5.38. The van der Waals surface area contributed by atoms with Crippen LogP contribution in [0.3, 0.4) is 0 Å². The fraction of sp³-hybridized carbons (Fsp3) is 0.625. The number of alkyl halides is 1. The van der Waals surface area contributed by atoms with E-state index in [9.17, 15) is 0 Å². The third kappa shape index (κ3) is 6.23. The van der Waals surface area contributed by atoms with Crippen molar-refractivity contribution >= 4 is 11.6 Å². The number of ether oxygens (including phenoxy) is 2. The van der Waals surface area contributed by atoms with Crippen molar-refractivity contribution in [3.63, 3.8) is 0 Å². The summed E-state index contributed by atoms with van der Waals surface area (Å²) in [6.45, 7) is 6.13. The number of halogens is 1. The maximum absolute atomic E-state index is 6.53. The molecule has 0 spiro atoms. The molecule has 0 radical (unpaired) electrons. The van der Waals surface area contributed by atoms with E-state index in [0.717, 1.165) is 26.1 Å². The SMILES string of the molecule is CCc1ccc(C(Cl)CN(CCOC)CCOC)cc1. The Bertz CT molecular complexity index is 348. The van der Waals surface area contributed by atoms with E-state index in [1.165, 1.54) is 11.1 Å². The van der Waals surface area contributed by atoms with E-state index in [1.54, 1.807) is 14.2 Å². The van der Waals surface area contributed by atoms with E-state index >= 15 is 0 Å². The normalized spacial score (nSPS) is 12.8. The molecule has 1 aromatic rings. The maximum atomic E-state index is 6.53. The molecule has 0 N–H and O–H groups in total. The molecule has 0 bridgehead atoms. The molecule has 0 amide bonds. The van der Waals surface area contributed by atoms with E-state index < -0.39 is 0 Å². The number of aryl methyl sites for hydroxylation is 1. The average Bonchev–Trinajstić information content (AvgIpc) is 2.49. The monoisotopic (exact) mass is 299 g/mol. The van der Waals surface area contributed by atoms with Crippen molar-refractivity contribution in [2.24, 2.45) is 0 Å². The summed E-state index contributed by atoms with van der Waals surface area (Å²) < 4.78 is 10.3. The molecule has 0 aliphatic rings. The molecule has 0 heterocycles. The molecule has 1 rings (SSSR count). The summed E-state index contributed by atoms with van der Waals surface area (Å²) in [7, 11) is 3.44. The van der Waals surface area contributed by atoms with Gasteiger partial charge in [0, 0.05) is 33.9 Å². The number of benzene rings is 1. The van der Waals surface area contributed by atoms with Crippen LogP contribution in [-0.2, 0) is 15.9 Å². The lowest BCUT2D eigenvalue weighted by molar-refractivity contribution is 0.114.